The maximum absolute atomic E-state index is 9.93. The molecular formula is C17H35NO. The van der Waals surface area contributed by atoms with Gasteiger partial charge in [0.2, 0.25) is 0 Å². The quantitative estimate of drug-likeness (QED) is 0.718. The third-order valence-corrected chi connectivity index (χ3v) is 5.22. The van der Waals surface area contributed by atoms with Gasteiger partial charge in [-0.3, -0.25) is 0 Å². The molecule has 19 heavy (non-hydrogen) atoms. The highest BCUT2D eigenvalue weighted by Crippen LogP contribution is 2.39. The molecule has 0 saturated heterocycles. The van der Waals surface area contributed by atoms with E-state index >= 15 is 0 Å². The third-order valence-electron chi connectivity index (χ3n) is 5.22. The molecule has 0 aromatic heterocycles. The number of unbranched alkanes of at least 4 members (excludes halogenated alkanes) is 1. The van der Waals surface area contributed by atoms with Crippen LogP contribution >= 0.6 is 0 Å². The van der Waals surface area contributed by atoms with E-state index in [-0.39, 0.29) is 5.41 Å². The molecule has 114 valence electrons. The van der Waals surface area contributed by atoms with Gasteiger partial charge >= 0.3 is 0 Å². The van der Waals surface area contributed by atoms with Crippen molar-refractivity contribution in [1.82, 2.24) is 4.90 Å². The van der Waals surface area contributed by atoms with Crippen LogP contribution in [0.25, 0.3) is 0 Å². The smallest absolute Gasteiger partial charge is 0.0499 e. The summed E-state index contributed by atoms with van der Waals surface area (Å²) in [7, 11) is 0. The second-order valence-corrected chi connectivity index (χ2v) is 6.92. The molecule has 0 aliphatic heterocycles. The van der Waals surface area contributed by atoms with Gasteiger partial charge in [-0.1, -0.05) is 40.0 Å². The van der Waals surface area contributed by atoms with Crippen molar-refractivity contribution < 1.29 is 5.11 Å². The van der Waals surface area contributed by atoms with E-state index in [0.29, 0.717) is 12.6 Å². The van der Waals surface area contributed by atoms with Crippen LogP contribution in [0.2, 0.25) is 0 Å². The lowest BCUT2D eigenvalue weighted by atomic mass is 9.71. The second kappa shape index (κ2) is 8.26. The van der Waals surface area contributed by atoms with Crippen LogP contribution in [-0.2, 0) is 0 Å². The van der Waals surface area contributed by atoms with Crippen molar-refractivity contribution in [2.45, 2.75) is 78.7 Å². The Morgan fingerprint density at radius 2 is 1.89 bits per heavy atom. The molecule has 0 amide bonds. The van der Waals surface area contributed by atoms with Crippen LogP contribution in [0.3, 0.4) is 0 Å². The monoisotopic (exact) mass is 269 g/mol. The van der Waals surface area contributed by atoms with Gasteiger partial charge in [-0.05, 0) is 45.1 Å². The van der Waals surface area contributed by atoms with Gasteiger partial charge in [0, 0.05) is 24.6 Å². The summed E-state index contributed by atoms with van der Waals surface area (Å²) in [6.07, 6.45) is 8.76. The Labute approximate surface area is 120 Å². The molecule has 0 aromatic rings. The van der Waals surface area contributed by atoms with E-state index in [2.05, 4.69) is 32.6 Å². The minimum Gasteiger partial charge on any atom is -0.396 e. The standard InChI is InChI=1S/C17H35NO/c1-5-7-12-18(16(4)6-2)13-17(14-19)10-8-15(3)9-11-17/h15-16,19H,5-14H2,1-4H3. The lowest BCUT2D eigenvalue weighted by Gasteiger charge is -2.43. The molecule has 1 aliphatic rings. The first kappa shape index (κ1) is 17.0. The molecule has 2 heteroatoms. The molecule has 0 heterocycles. The van der Waals surface area contributed by atoms with E-state index in [9.17, 15) is 5.11 Å². The Balaban J connectivity index is 2.63. The van der Waals surface area contributed by atoms with Crippen molar-refractivity contribution in [3.8, 4) is 0 Å². The number of aliphatic hydroxyl groups excluding tert-OH is 1. The van der Waals surface area contributed by atoms with Gasteiger partial charge in [-0.2, -0.15) is 0 Å². The van der Waals surface area contributed by atoms with Crippen molar-refractivity contribution in [2.24, 2.45) is 11.3 Å². The van der Waals surface area contributed by atoms with Crippen molar-refractivity contribution in [3.63, 3.8) is 0 Å². The highest BCUT2D eigenvalue weighted by Gasteiger charge is 2.35. The average Bonchev–Trinajstić information content (AvgIpc) is 2.45. The highest BCUT2D eigenvalue weighted by atomic mass is 16.3. The first-order valence-electron chi connectivity index (χ1n) is 8.41. The SMILES string of the molecule is CCCCN(CC1(CO)CCC(C)CC1)C(C)CC. The summed E-state index contributed by atoms with van der Waals surface area (Å²) >= 11 is 0. The van der Waals surface area contributed by atoms with Gasteiger partial charge < -0.3 is 10.0 Å². The average molecular weight is 269 g/mol. The first-order chi connectivity index (χ1) is 9.06. The summed E-state index contributed by atoms with van der Waals surface area (Å²) in [6.45, 7) is 11.9. The summed E-state index contributed by atoms with van der Waals surface area (Å²) in [5.41, 5.74) is 0.184. The Hall–Kier alpha value is -0.0800. The molecule has 1 N–H and O–H groups in total. The summed E-state index contributed by atoms with van der Waals surface area (Å²) < 4.78 is 0. The van der Waals surface area contributed by atoms with E-state index in [1.807, 2.05) is 0 Å². The van der Waals surface area contributed by atoms with Crippen molar-refractivity contribution in [2.75, 3.05) is 19.7 Å². The number of hydrogen-bond acceptors (Lipinski definition) is 2. The number of aliphatic hydroxyl groups is 1. The zero-order valence-corrected chi connectivity index (χ0v) is 13.6. The fourth-order valence-corrected chi connectivity index (χ4v) is 3.25. The van der Waals surface area contributed by atoms with Gasteiger partial charge in [-0.25, -0.2) is 0 Å². The van der Waals surface area contributed by atoms with E-state index in [0.717, 1.165) is 12.5 Å². The van der Waals surface area contributed by atoms with Crippen LogP contribution in [0.4, 0.5) is 0 Å². The predicted molar refractivity (Wildman–Crippen MR) is 83.4 cm³/mol. The summed E-state index contributed by atoms with van der Waals surface area (Å²) in [4.78, 5) is 2.63. The van der Waals surface area contributed by atoms with Crippen molar-refractivity contribution in [1.29, 1.82) is 0 Å². The van der Waals surface area contributed by atoms with Gasteiger partial charge in [0.15, 0.2) is 0 Å². The molecular weight excluding hydrogens is 234 g/mol. The fourth-order valence-electron chi connectivity index (χ4n) is 3.25. The molecule has 1 rings (SSSR count). The van der Waals surface area contributed by atoms with Crippen molar-refractivity contribution >= 4 is 0 Å². The molecule has 1 aliphatic carbocycles. The molecule has 0 bridgehead atoms. The van der Waals surface area contributed by atoms with E-state index in [4.69, 9.17) is 0 Å². The maximum Gasteiger partial charge on any atom is 0.0499 e. The lowest BCUT2D eigenvalue weighted by molar-refractivity contribution is 0.0167. The second-order valence-electron chi connectivity index (χ2n) is 6.92. The lowest BCUT2D eigenvalue weighted by Crippen LogP contribution is -2.46. The van der Waals surface area contributed by atoms with Gasteiger partial charge in [0.25, 0.3) is 0 Å². The minimum atomic E-state index is 0.184. The normalized spacial score (nSPS) is 29.7. The summed E-state index contributed by atoms with van der Waals surface area (Å²) in [5, 5.41) is 9.93. The van der Waals surface area contributed by atoms with Crippen LogP contribution in [0.5, 0.6) is 0 Å². The fraction of sp³-hybridized carbons (Fsp3) is 1.00. The Morgan fingerprint density at radius 1 is 1.26 bits per heavy atom. The largest absolute Gasteiger partial charge is 0.396 e. The number of rotatable bonds is 8. The van der Waals surface area contributed by atoms with Crippen molar-refractivity contribution in [3.05, 3.63) is 0 Å². The van der Waals surface area contributed by atoms with Crippen LogP contribution in [-0.4, -0.2) is 35.7 Å². The number of hydrogen-bond donors (Lipinski definition) is 1. The van der Waals surface area contributed by atoms with Crippen LogP contribution < -0.4 is 0 Å². The molecule has 1 unspecified atom stereocenters. The maximum atomic E-state index is 9.93. The molecule has 1 saturated carbocycles. The Bertz CT molecular complexity index is 233. The topological polar surface area (TPSA) is 23.5 Å². The molecule has 0 spiro atoms. The third kappa shape index (κ3) is 5.07. The Kier molecular flexibility index (Phi) is 7.38. The molecule has 1 fully saturated rings. The number of nitrogens with zero attached hydrogens (tertiary/aromatic N) is 1. The zero-order chi connectivity index (χ0) is 14.3. The molecule has 1 atom stereocenters. The van der Waals surface area contributed by atoms with Crippen LogP contribution in [0, 0.1) is 11.3 Å². The van der Waals surface area contributed by atoms with Gasteiger partial charge in [0.1, 0.15) is 0 Å². The Morgan fingerprint density at radius 3 is 2.37 bits per heavy atom. The molecule has 2 nitrogen and oxygen atoms in total. The summed E-state index contributed by atoms with van der Waals surface area (Å²) in [5.74, 6) is 0.854. The zero-order valence-electron chi connectivity index (χ0n) is 13.6. The highest BCUT2D eigenvalue weighted by molar-refractivity contribution is 4.88. The van der Waals surface area contributed by atoms with E-state index in [1.54, 1.807) is 0 Å². The molecule has 0 aromatic carbocycles. The van der Waals surface area contributed by atoms with Crippen LogP contribution in [0.1, 0.15) is 72.6 Å². The van der Waals surface area contributed by atoms with Gasteiger partial charge in [0.05, 0.1) is 0 Å². The molecule has 0 radical (unpaired) electrons. The van der Waals surface area contributed by atoms with E-state index < -0.39 is 0 Å². The minimum absolute atomic E-state index is 0.184. The first-order valence-corrected chi connectivity index (χ1v) is 8.41. The predicted octanol–water partition coefficient (Wildman–Crippen LogP) is 4.08. The van der Waals surface area contributed by atoms with Gasteiger partial charge in [-0.15, -0.1) is 0 Å². The van der Waals surface area contributed by atoms with Crippen LogP contribution in [0.15, 0.2) is 0 Å². The summed E-state index contributed by atoms with van der Waals surface area (Å²) in [6, 6.07) is 0.648. The van der Waals surface area contributed by atoms with E-state index in [1.165, 1.54) is 51.5 Å².